The van der Waals surface area contributed by atoms with Crippen molar-refractivity contribution in [3.05, 3.63) is 27.9 Å². The molecule has 0 spiro atoms. The third-order valence-corrected chi connectivity index (χ3v) is 4.40. The van der Waals surface area contributed by atoms with E-state index < -0.39 is 0 Å². The lowest BCUT2D eigenvalue weighted by molar-refractivity contribution is -0.385. The summed E-state index contributed by atoms with van der Waals surface area (Å²) in [6, 6.07) is 3.25. The first-order chi connectivity index (χ1) is 9.92. The number of nitrogens with zero attached hydrogens (tertiary/aromatic N) is 2. The molecule has 2 rings (SSSR count). The zero-order valence-electron chi connectivity index (χ0n) is 13.2. The van der Waals surface area contributed by atoms with Gasteiger partial charge < -0.3 is 5.32 Å². The molecule has 116 valence electrons. The van der Waals surface area contributed by atoms with Crippen molar-refractivity contribution in [3.63, 3.8) is 0 Å². The summed E-state index contributed by atoms with van der Waals surface area (Å²) in [5.74, 6) is 1.43. The van der Waals surface area contributed by atoms with Crippen LogP contribution in [-0.4, -0.2) is 16.5 Å². The molecule has 1 saturated carbocycles. The van der Waals surface area contributed by atoms with E-state index in [1.54, 1.807) is 13.0 Å². The van der Waals surface area contributed by atoms with Crippen LogP contribution in [0.2, 0.25) is 0 Å². The summed E-state index contributed by atoms with van der Waals surface area (Å²) < 4.78 is 0. The molecule has 5 nitrogen and oxygen atoms in total. The average Bonchev–Trinajstić information content (AvgIpc) is 2.84. The van der Waals surface area contributed by atoms with Crippen molar-refractivity contribution in [2.45, 2.75) is 52.9 Å². The Morgan fingerprint density at radius 3 is 2.57 bits per heavy atom. The Bertz CT molecular complexity index is 508. The van der Waals surface area contributed by atoms with Crippen LogP contribution >= 0.6 is 0 Å². The lowest BCUT2D eigenvalue weighted by Crippen LogP contribution is -2.28. The molecular weight excluding hydrogens is 266 g/mol. The number of rotatable bonds is 6. The van der Waals surface area contributed by atoms with Crippen LogP contribution in [0.25, 0.3) is 0 Å². The van der Waals surface area contributed by atoms with Gasteiger partial charge in [-0.3, -0.25) is 10.1 Å². The predicted octanol–water partition coefficient (Wildman–Crippen LogP) is 4.32. The van der Waals surface area contributed by atoms with Gasteiger partial charge in [0, 0.05) is 12.6 Å². The zero-order valence-corrected chi connectivity index (χ0v) is 13.2. The summed E-state index contributed by atoms with van der Waals surface area (Å²) in [7, 11) is 0. The Balaban J connectivity index is 2.04. The molecule has 5 heteroatoms. The number of aromatic nitrogens is 1. The summed E-state index contributed by atoms with van der Waals surface area (Å²) in [5.41, 5.74) is 0.915. The first-order valence-electron chi connectivity index (χ1n) is 7.78. The van der Waals surface area contributed by atoms with Crippen molar-refractivity contribution in [3.8, 4) is 0 Å². The molecule has 0 amide bonds. The Morgan fingerprint density at radius 2 is 2.05 bits per heavy atom. The van der Waals surface area contributed by atoms with Crippen LogP contribution in [0, 0.1) is 28.4 Å². The van der Waals surface area contributed by atoms with Crippen molar-refractivity contribution >= 4 is 11.5 Å². The van der Waals surface area contributed by atoms with Crippen LogP contribution in [0.15, 0.2) is 12.1 Å². The minimum atomic E-state index is -0.386. The van der Waals surface area contributed by atoms with Gasteiger partial charge in [0.1, 0.15) is 11.5 Å². The number of nitro groups is 1. The van der Waals surface area contributed by atoms with Gasteiger partial charge in [0.25, 0.3) is 5.69 Å². The number of hydrogen-bond donors (Lipinski definition) is 1. The molecule has 1 aromatic rings. The van der Waals surface area contributed by atoms with E-state index >= 15 is 0 Å². The van der Waals surface area contributed by atoms with E-state index in [0.29, 0.717) is 17.0 Å². The summed E-state index contributed by atoms with van der Waals surface area (Å²) in [5, 5.41) is 14.2. The van der Waals surface area contributed by atoms with Gasteiger partial charge in [0.15, 0.2) is 0 Å². The van der Waals surface area contributed by atoms with Gasteiger partial charge in [-0.05, 0) is 43.6 Å². The van der Waals surface area contributed by atoms with Crippen LogP contribution < -0.4 is 5.32 Å². The summed E-state index contributed by atoms with van der Waals surface area (Å²) in [6.45, 7) is 7.14. The van der Waals surface area contributed by atoms with E-state index in [0.717, 1.165) is 12.4 Å². The molecule has 0 unspecified atom stereocenters. The fraction of sp³-hybridized carbons (Fsp3) is 0.688. The number of pyridine rings is 1. The van der Waals surface area contributed by atoms with Crippen molar-refractivity contribution in [1.82, 2.24) is 4.98 Å². The van der Waals surface area contributed by atoms with Crippen LogP contribution in [0.4, 0.5) is 11.5 Å². The third-order valence-electron chi connectivity index (χ3n) is 4.40. The average molecular weight is 291 g/mol. The van der Waals surface area contributed by atoms with E-state index in [4.69, 9.17) is 0 Å². The van der Waals surface area contributed by atoms with E-state index in [1.165, 1.54) is 38.2 Å². The number of anilines is 1. The Hall–Kier alpha value is -1.65. The molecule has 1 aliphatic carbocycles. The number of nitrogens with one attached hydrogen (secondary N) is 1. The first kappa shape index (κ1) is 15.7. The second-order valence-electron chi connectivity index (χ2n) is 6.72. The number of aryl methyl sites for hydroxylation is 1. The van der Waals surface area contributed by atoms with E-state index in [2.05, 4.69) is 24.1 Å². The van der Waals surface area contributed by atoms with Gasteiger partial charge in [-0.15, -0.1) is 0 Å². The van der Waals surface area contributed by atoms with Crippen molar-refractivity contribution in [2.24, 2.45) is 11.3 Å². The van der Waals surface area contributed by atoms with Gasteiger partial charge in [-0.2, -0.15) is 0 Å². The SMILES string of the molecule is Cc1nc(NCC2(CC(C)C)CCCC2)ccc1[N+](=O)[O-]. The molecule has 1 heterocycles. The Kier molecular flexibility index (Phi) is 4.80. The maximum absolute atomic E-state index is 10.8. The van der Waals surface area contributed by atoms with Gasteiger partial charge in [-0.25, -0.2) is 4.98 Å². The van der Waals surface area contributed by atoms with Crippen LogP contribution in [0.5, 0.6) is 0 Å². The van der Waals surface area contributed by atoms with E-state index in [9.17, 15) is 10.1 Å². The molecule has 1 fully saturated rings. The number of hydrogen-bond acceptors (Lipinski definition) is 4. The fourth-order valence-corrected chi connectivity index (χ4v) is 3.57. The first-order valence-corrected chi connectivity index (χ1v) is 7.78. The van der Waals surface area contributed by atoms with Gasteiger partial charge in [0.05, 0.1) is 4.92 Å². The summed E-state index contributed by atoms with van der Waals surface area (Å²) >= 11 is 0. The molecule has 0 aromatic carbocycles. The van der Waals surface area contributed by atoms with Gasteiger partial charge >= 0.3 is 0 Å². The second kappa shape index (κ2) is 6.41. The van der Waals surface area contributed by atoms with Crippen LogP contribution in [-0.2, 0) is 0 Å². The van der Waals surface area contributed by atoms with E-state index in [1.807, 2.05) is 0 Å². The molecule has 1 aromatic heterocycles. The Morgan fingerprint density at radius 1 is 1.38 bits per heavy atom. The molecular formula is C16H25N3O2. The van der Waals surface area contributed by atoms with Crippen LogP contribution in [0.3, 0.4) is 0 Å². The predicted molar refractivity (Wildman–Crippen MR) is 84.5 cm³/mol. The normalized spacial score (nSPS) is 17.1. The highest BCUT2D eigenvalue weighted by Crippen LogP contribution is 2.43. The van der Waals surface area contributed by atoms with Gasteiger partial charge in [-0.1, -0.05) is 26.7 Å². The Labute approximate surface area is 126 Å². The summed E-state index contributed by atoms with van der Waals surface area (Å²) in [4.78, 5) is 14.7. The highest BCUT2D eigenvalue weighted by molar-refractivity contribution is 5.44. The molecule has 0 bridgehead atoms. The molecule has 1 aliphatic rings. The van der Waals surface area contributed by atoms with Crippen molar-refractivity contribution in [1.29, 1.82) is 0 Å². The van der Waals surface area contributed by atoms with Crippen molar-refractivity contribution < 1.29 is 4.92 Å². The second-order valence-corrected chi connectivity index (χ2v) is 6.72. The van der Waals surface area contributed by atoms with Crippen molar-refractivity contribution in [2.75, 3.05) is 11.9 Å². The minimum absolute atomic E-state index is 0.0818. The van der Waals surface area contributed by atoms with E-state index in [-0.39, 0.29) is 10.6 Å². The molecule has 0 aliphatic heterocycles. The lowest BCUT2D eigenvalue weighted by Gasteiger charge is -2.31. The molecule has 0 atom stereocenters. The molecule has 0 radical (unpaired) electrons. The molecule has 1 N–H and O–H groups in total. The van der Waals surface area contributed by atoms with Gasteiger partial charge in [0.2, 0.25) is 0 Å². The van der Waals surface area contributed by atoms with Crippen LogP contribution in [0.1, 0.15) is 51.6 Å². The highest BCUT2D eigenvalue weighted by Gasteiger charge is 2.34. The smallest absolute Gasteiger partial charge is 0.290 e. The largest absolute Gasteiger partial charge is 0.370 e. The maximum atomic E-state index is 10.8. The third kappa shape index (κ3) is 3.93. The quantitative estimate of drug-likeness (QED) is 0.626. The monoisotopic (exact) mass is 291 g/mol. The highest BCUT2D eigenvalue weighted by atomic mass is 16.6. The molecule has 0 saturated heterocycles. The fourth-order valence-electron chi connectivity index (χ4n) is 3.57. The minimum Gasteiger partial charge on any atom is -0.370 e. The zero-order chi connectivity index (χ0) is 15.5. The topological polar surface area (TPSA) is 68.1 Å². The standard InChI is InChI=1S/C16H25N3O2/c1-12(2)10-16(8-4-5-9-16)11-17-15-7-6-14(19(20)21)13(3)18-15/h6-7,12H,4-5,8-11H2,1-3H3,(H,17,18). The summed E-state index contributed by atoms with van der Waals surface area (Å²) in [6.07, 6.45) is 6.38. The maximum Gasteiger partial charge on any atom is 0.290 e. The lowest BCUT2D eigenvalue weighted by atomic mass is 9.78. The molecule has 21 heavy (non-hydrogen) atoms.